The summed E-state index contributed by atoms with van der Waals surface area (Å²) >= 11 is 0. The van der Waals surface area contributed by atoms with E-state index in [4.69, 9.17) is 4.74 Å². The quantitative estimate of drug-likeness (QED) is 0.810. The molecule has 3 rings (SSSR count). The summed E-state index contributed by atoms with van der Waals surface area (Å²) in [5.74, 6) is 0.701. The van der Waals surface area contributed by atoms with Crippen LogP contribution in [-0.2, 0) is 4.74 Å². The minimum atomic E-state index is 0.130. The summed E-state index contributed by atoms with van der Waals surface area (Å²) in [5, 5.41) is 3.16. The minimum Gasteiger partial charge on any atom is -0.378 e. The van der Waals surface area contributed by atoms with Crippen molar-refractivity contribution in [2.24, 2.45) is 5.92 Å². The molecule has 5 nitrogen and oxygen atoms in total. The fourth-order valence-electron chi connectivity index (χ4n) is 4.82. The Balaban J connectivity index is 1.42. The Bertz CT molecular complexity index is 398. The van der Waals surface area contributed by atoms with Gasteiger partial charge in [-0.05, 0) is 57.9 Å². The van der Waals surface area contributed by atoms with Crippen LogP contribution < -0.4 is 5.32 Å². The van der Waals surface area contributed by atoms with E-state index in [0.717, 1.165) is 45.6 Å². The van der Waals surface area contributed by atoms with Gasteiger partial charge in [-0.2, -0.15) is 0 Å². The molecule has 1 aliphatic carbocycles. The number of ether oxygens (including phenoxy) is 1. The van der Waals surface area contributed by atoms with Gasteiger partial charge >= 0.3 is 6.03 Å². The smallest absolute Gasteiger partial charge is 0.317 e. The summed E-state index contributed by atoms with van der Waals surface area (Å²) in [6.45, 7) is 7.77. The van der Waals surface area contributed by atoms with Crippen LogP contribution in [-0.4, -0.2) is 67.3 Å². The first kappa shape index (κ1) is 18.0. The fraction of sp³-hybridized carbons (Fsp3) is 0.947. The molecule has 0 aromatic heterocycles. The Kier molecular flexibility index (Phi) is 6.78. The SMILES string of the molecule is CCO[C@@H](CCNC(=O)N1CCCN2CCC[C@@H]2C1)C1CCCC1. The molecule has 0 aromatic rings. The van der Waals surface area contributed by atoms with Crippen LogP contribution in [0.25, 0.3) is 0 Å². The third kappa shape index (κ3) is 4.63. The Labute approximate surface area is 147 Å². The fourth-order valence-corrected chi connectivity index (χ4v) is 4.82. The largest absolute Gasteiger partial charge is 0.378 e. The second-order valence-electron chi connectivity index (χ2n) is 7.69. The van der Waals surface area contributed by atoms with Gasteiger partial charge in [-0.15, -0.1) is 0 Å². The number of hydrogen-bond donors (Lipinski definition) is 1. The van der Waals surface area contributed by atoms with Crippen LogP contribution in [0, 0.1) is 5.92 Å². The Morgan fingerprint density at radius 2 is 1.92 bits per heavy atom. The number of hydrogen-bond acceptors (Lipinski definition) is 3. The van der Waals surface area contributed by atoms with Crippen molar-refractivity contribution in [1.29, 1.82) is 0 Å². The molecular weight excluding hydrogens is 302 g/mol. The Hall–Kier alpha value is -0.810. The summed E-state index contributed by atoms with van der Waals surface area (Å²) in [5.41, 5.74) is 0. The van der Waals surface area contributed by atoms with Gasteiger partial charge in [0.25, 0.3) is 0 Å². The average Bonchev–Trinajstić information content (AvgIpc) is 3.22. The summed E-state index contributed by atoms with van der Waals surface area (Å²) in [6.07, 6.45) is 10.2. The van der Waals surface area contributed by atoms with E-state index in [2.05, 4.69) is 17.1 Å². The van der Waals surface area contributed by atoms with Crippen molar-refractivity contribution in [2.45, 2.75) is 70.4 Å². The van der Waals surface area contributed by atoms with E-state index >= 15 is 0 Å². The number of rotatable bonds is 6. The second-order valence-corrected chi connectivity index (χ2v) is 7.69. The van der Waals surface area contributed by atoms with Crippen LogP contribution in [0.3, 0.4) is 0 Å². The second kappa shape index (κ2) is 9.04. The van der Waals surface area contributed by atoms with Crippen molar-refractivity contribution in [2.75, 3.05) is 39.3 Å². The molecule has 0 aromatic carbocycles. The Morgan fingerprint density at radius 1 is 1.12 bits per heavy atom. The monoisotopic (exact) mass is 337 g/mol. The highest BCUT2D eigenvalue weighted by molar-refractivity contribution is 5.74. The van der Waals surface area contributed by atoms with Gasteiger partial charge in [0.1, 0.15) is 0 Å². The molecule has 138 valence electrons. The molecule has 2 heterocycles. The zero-order valence-electron chi connectivity index (χ0n) is 15.3. The number of fused-ring (bicyclic) bond motifs is 1. The van der Waals surface area contributed by atoms with E-state index in [1.807, 2.05) is 4.90 Å². The molecule has 1 saturated carbocycles. The maximum atomic E-state index is 12.6. The van der Waals surface area contributed by atoms with Crippen molar-refractivity contribution in [3.05, 3.63) is 0 Å². The van der Waals surface area contributed by atoms with Gasteiger partial charge in [-0.25, -0.2) is 4.79 Å². The van der Waals surface area contributed by atoms with Crippen LogP contribution in [0.15, 0.2) is 0 Å². The highest BCUT2D eigenvalue weighted by Crippen LogP contribution is 2.30. The maximum Gasteiger partial charge on any atom is 0.317 e. The number of carbonyl (C=O) groups is 1. The lowest BCUT2D eigenvalue weighted by Crippen LogP contribution is -2.45. The van der Waals surface area contributed by atoms with E-state index < -0.39 is 0 Å². The first-order valence-corrected chi connectivity index (χ1v) is 10.2. The zero-order chi connectivity index (χ0) is 16.8. The van der Waals surface area contributed by atoms with Gasteiger partial charge < -0.3 is 15.0 Å². The molecule has 3 fully saturated rings. The highest BCUT2D eigenvalue weighted by atomic mass is 16.5. The molecule has 1 N–H and O–H groups in total. The number of amides is 2. The van der Waals surface area contributed by atoms with E-state index in [0.29, 0.717) is 18.1 Å². The van der Waals surface area contributed by atoms with Crippen LogP contribution in [0.5, 0.6) is 0 Å². The maximum absolute atomic E-state index is 12.6. The van der Waals surface area contributed by atoms with E-state index in [1.165, 1.54) is 45.1 Å². The molecular formula is C19H35N3O2. The molecule has 0 bridgehead atoms. The molecule has 0 unspecified atom stereocenters. The molecule has 5 heteroatoms. The summed E-state index contributed by atoms with van der Waals surface area (Å²) in [6, 6.07) is 0.721. The molecule has 0 spiro atoms. The molecule has 3 aliphatic rings. The normalized spacial score (nSPS) is 27.0. The highest BCUT2D eigenvalue weighted by Gasteiger charge is 2.30. The summed E-state index contributed by atoms with van der Waals surface area (Å²) in [4.78, 5) is 17.2. The number of carbonyl (C=O) groups excluding carboxylic acids is 1. The molecule has 0 radical (unpaired) electrons. The number of urea groups is 1. The van der Waals surface area contributed by atoms with Crippen LogP contribution >= 0.6 is 0 Å². The predicted molar refractivity (Wildman–Crippen MR) is 96.2 cm³/mol. The van der Waals surface area contributed by atoms with Crippen molar-refractivity contribution < 1.29 is 9.53 Å². The van der Waals surface area contributed by atoms with E-state index in [9.17, 15) is 4.79 Å². The van der Waals surface area contributed by atoms with Crippen LogP contribution in [0.1, 0.15) is 58.3 Å². The standard InChI is InChI=1S/C19H35N3O2/c1-2-24-18(16-7-3-4-8-16)10-11-20-19(23)22-14-6-13-21-12-5-9-17(21)15-22/h16-18H,2-15H2,1H3,(H,20,23)/t17-,18+/m1/s1. The molecule has 24 heavy (non-hydrogen) atoms. The first-order chi connectivity index (χ1) is 11.8. The van der Waals surface area contributed by atoms with Crippen molar-refractivity contribution in [3.63, 3.8) is 0 Å². The first-order valence-electron chi connectivity index (χ1n) is 10.2. The van der Waals surface area contributed by atoms with Gasteiger partial charge in [-0.1, -0.05) is 12.8 Å². The van der Waals surface area contributed by atoms with Gasteiger partial charge in [0.15, 0.2) is 0 Å². The van der Waals surface area contributed by atoms with E-state index in [-0.39, 0.29) is 6.03 Å². The van der Waals surface area contributed by atoms with Crippen molar-refractivity contribution >= 4 is 6.03 Å². The molecule has 2 atom stereocenters. The molecule has 2 aliphatic heterocycles. The zero-order valence-corrected chi connectivity index (χ0v) is 15.3. The lowest BCUT2D eigenvalue weighted by molar-refractivity contribution is 0.0165. The lowest BCUT2D eigenvalue weighted by Gasteiger charge is -2.27. The van der Waals surface area contributed by atoms with Gasteiger partial charge in [0.05, 0.1) is 6.10 Å². The summed E-state index contributed by atoms with van der Waals surface area (Å²) in [7, 11) is 0. The summed E-state index contributed by atoms with van der Waals surface area (Å²) < 4.78 is 5.96. The van der Waals surface area contributed by atoms with Gasteiger partial charge in [0.2, 0.25) is 0 Å². The van der Waals surface area contributed by atoms with Gasteiger partial charge in [-0.3, -0.25) is 4.90 Å². The third-order valence-electron chi connectivity index (χ3n) is 6.10. The van der Waals surface area contributed by atoms with Crippen molar-refractivity contribution in [3.8, 4) is 0 Å². The number of nitrogens with zero attached hydrogens (tertiary/aromatic N) is 2. The average molecular weight is 338 g/mol. The predicted octanol–water partition coefficient (Wildman–Crippen LogP) is 2.85. The minimum absolute atomic E-state index is 0.130. The molecule has 2 saturated heterocycles. The van der Waals surface area contributed by atoms with Crippen LogP contribution in [0.2, 0.25) is 0 Å². The van der Waals surface area contributed by atoms with Gasteiger partial charge in [0, 0.05) is 38.8 Å². The lowest BCUT2D eigenvalue weighted by atomic mass is 9.98. The third-order valence-corrected chi connectivity index (χ3v) is 6.10. The topological polar surface area (TPSA) is 44.8 Å². The Morgan fingerprint density at radius 3 is 2.71 bits per heavy atom. The molecule has 2 amide bonds. The van der Waals surface area contributed by atoms with Crippen LogP contribution in [0.4, 0.5) is 4.79 Å². The van der Waals surface area contributed by atoms with E-state index in [1.54, 1.807) is 0 Å². The number of nitrogens with one attached hydrogen (secondary N) is 1. The van der Waals surface area contributed by atoms with Crippen molar-refractivity contribution in [1.82, 2.24) is 15.1 Å².